The van der Waals surface area contributed by atoms with Crippen molar-refractivity contribution in [2.24, 2.45) is 11.3 Å². The molecule has 18 heavy (non-hydrogen) atoms. The first-order chi connectivity index (χ1) is 8.61. The molecule has 0 saturated heterocycles. The summed E-state index contributed by atoms with van der Waals surface area (Å²) in [6, 6.07) is 5.65. The molecule has 96 valence electrons. The van der Waals surface area contributed by atoms with Gasteiger partial charge in [0.25, 0.3) is 0 Å². The molecule has 2 saturated carbocycles. The minimum Gasteiger partial charge on any atom is -0.398 e. The molecule has 2 aliphatic rings. The summed E-state index contributed by atoms with van der Waals surface area (Å²) in [5, 5.41) is 3.48. The number of carbonyl (C=O) groups is 1. The number of nitrogens with two attached hydrogens (primary N) is 1. The van der Waals surface area contributed by atoms with Crippen LogP contribution >= 0.6 is 0 Å². The Bertz CT molecular complexity index is 487. The zero-order valence-electron chi connectivity index (χ0n) is 10.8. The Balaban J connectivity index is 1.66. The van der Waals surface area contributed by atoms with Crippen molar-refractivity contribution in [1.82, 2.24) is 0 Å². The van der Waals surface area contributed by atoms with E-state index in [-0.39, 0.29) is 5.78 Å². The van der Waals surface area contributed by atoms with E-state index in [2.05, 4.69) is 5.32 Å². The van der Waals surface area contributed by atoms with E-state index in [1.165, 1.54) is 25.7 Å². The van der Waals surface area contributed by atoms with Gasteiger partial charge < -0.3 is 11.1 Å². The number of nitrogen functional groups attached to an aromatic ring is 1. The average Bonchev–Trinajstić information content (AvgIpc) is 3.17. The van der Waals surface area contributed by atoms with Crippen LogP contribution in [0.5, 0.6) is 0 Å². The molecule has 0 aliphatic heterocycles. The van der Waals surface area contributed by atoms with Crippen molar-refractivity contribution in [3.8, 4) is 0 Å². The largest absolute Gasteiger partial charge is 0.398 e. The van der Waals surface area contributed by atoms with Gasteiger partial charge in [0.05, 0.1) is 0 Å². The van der Waals surface area contributed by atoms with E-state index >= 15 is 0 Å². The first-order valence-electron chi connectivity index (χ1n) is 6.75. The third-order valence-corrected chi connectivity index (χ3v) is 4.41. The topological polar surface area (TPSA) is 55.1 Å². The summed E-state index contributed by atoms with van der Waals surface area (Å²) >= 11 is 0. The summed E-state index contributed by atoms with van der Waals surface area (Å²) < 4.78 is 0. The Hall–Kier alpha value is -1.51. The molecule has 2 fully saturated rings. The van der Waals surface area contributed by atoms with Gasteiger partial charge in [0.2, 0.25) is 0 Å². The maximum Gasteiger partial charge on any atom is 0.161 e. The number of ketones is 1. The lowest BCUT2D eigenvalue weighted by Gasteiger charge is -2.16. The Morgan fingerprint density at radius 1 is 1.44 bits per heavy atom. The van der Waals surface area contributed by atoms with Gasteiger partial charge >= 0.3 is 0 Å². The van der Waals surface area contributed by atoms with Crippen molar-refractivity contribution < 1.29 is 4.79 Å². The number of anilines is 2. The van der Waals surface area contributed by atoms with Crippen molar-refractivity contribution in [2.75, 3.05) is 17.6 Å². The summed E-state index contributed by atoms with van der Waals surface area (Å²) in [5.74, 6) is 0.981. The lowest BCUT2D eigenvalue weighted by atomic mass is 10.0. The first-order valence-corrected chi connectivity index (χ1v) is 6.75. The fourth-order valence-corrected chi connectivity index (χ4v) is 2.86. The third kappa shape index (κ3) is 2.09. The first kappa shape index (κ1) is 11.6. The lowest BCUT2D eigenvalue weighted by molar-refractivity contribution is 0.101. The number of hydrogen-bond donors (Lipinski definition) is 2. The van der Waals surface area contributed by atoms with E-state index in [9.17, 15) is 4.79 Å². The zero-order chi connectivity index (χ0) is 12.8. The van der Waals surface area contributed by atoms with Crippen molar-refractivity contribution in [1.29, 1.82) is 0 Å². The van der Waals surface area contributed by atoms with Gasteiger partial charge in [-0.15, -0.1) is 0 Å². The SMILES string of the molecule is CC(=O)c1ccc(NCC2(C3CC3)CC2)cc1N. The maximum absolute atomic E-state index is 11.3. The Morgan fingerprint density at radius 2 is 2.17 bits per heavy atom. The number of rotatable bonds is 5. The van der Waals surface area contributed by atoms with Gasteiger partial charge in [-0.3, -0.25) is 4.79 Å². The second kappa shape index (κ2) is 4.01. The molecule has 0 unspecified atom stereocenters. The minimum absolute atomic E-state index is 0.0238. The molecular formula is C15H20N2O. The predicted molar refractivity (Wildman–Crippen MR) is 73.7 cm³/mol. The summed E-state index contributed by atoms with van der Waals surface area (Å²) in [5.41, 5.74) is 8.69. The molecule has 3 heteroatoms. The van der Waals surface area contributed by atoms with E-state index in [0.29, 0.717) is 16.7 Å². The van der Waals surface area contributed by atoms with Crippen LogP contribution in [0.3, 0.4) is 0 Å². The summed E-state index contributed by atoms with van der Waals surface area (Å²) in [6.07, 6.45) is 5.55. The van der Waals surface area contributed by atoms with Crippen LogP contribution in [0.1, 0.15) is 43.0 Å². The maximum atomic E-state index is 11.3. The van der Waals surface area contributed by atoms with Gasteiger partial charge in [0, 0.05) is 23.5 Å². The lowest BCUT2D eigenvalue weighted by Crippen LogP contribution is -2.17. The standard InChI is InChI=1S/C15H20N2O/c1-10(18)13-5-4-12(8-14(13)16)17-9-15(6-7-15)11-2-3-11/h4-5,8,11,17H,2-3,6-7,9,16H2,1H3. The highest BCUT2D eigenvalue weighted by Crippen LogP contribution is 2.61. The minimum atomic E-state index is 0.0238. The molecule has 3 N–H and O–H groups in total. The fraction of sp³-hybridized carbons (Fsp3) is 0.533. The van der Waals surface area contributed by atoms with Gasteiger partial charge in [0.15, 0.2) is 5.78 Å². The van der Waals surface area contributed by atoms with Crippen LogP contribution in [0, 0.1) is 11.3 Å². The Kier molecular flexibility index (Phi) is 2.58. The molecule has 0 spiro atoms. The smallest absolute Gasteiger partial charge is 0.161 e. The van der Waals surface area contributed by atoms with Crippen LogP contribution in [-0.4, -0.2) is 12.3 Å². The van der Waals surface area contributed by atoms with Crippen LogP contribution < -0.4 is 11.1 Å². The molecular weight excluding hydrogens is 224 g/mol. The molecule has 1 aromatic carbocycles. The molecule has 3 rings (SSSR count). The highest BCUT2D eigenvalue weighted by Gasteiger charge is 2.53. The van der Waals surface area contributed by atoms with Gasteiger partial charge in [-0.2, -0.15) is 0 Å². The Labute approximate surface area is 108 Å². The molecule has 3 nitrogen and oxygen atoms in total. The highest BCUT2D eigenvalue weighted by atomic mass is 16.1. The average molecular weight is 244 g/mol. The van der Waals surface area contributed by atoms with E-state index < -0.39 is 0 Å². The molecule has 0 aromatic heterocycles. The molecule has 0 heterocycles. The summed E-state index contributed by atoms with van der Waals surface area (Å²) in [4.78, 5) is 11.3. The van der Waals surface area contributed by atoms with Crippen molar-refractivity contribution in [3.05, 3.63) is 23.8 Å². The number of benzene rings is 1. The predicted octanol–water partition coefficient (Wildman–Crippen LogP) is 3.07. The molecule has 1 aromatic rings. The summed E-state index contributed by atoms with van der Waals surface area (Å²) in [7, 11) is 0. The Morgan fingerprint density at radius 3 is 2.67 bits per heavy atom. The van der Waals surface area contributed by atoms with E-state index in [1.807, 2.05) is 18.2 Å². The molecule has 0 bridgehead atoms. The van der Waals surface area contributed by atoms with Crippen LogP contribution in [0.2, 0.25) is 0 Å². The van der Waals surface area contributed by atoms with Gasteiger partial charge in [-0.1, -0.05) is 0 Å². The van der Waals surface area contributed by atoms with E-state index in [0.717, 1.165) is 18.2 Å². The van der Waals surface area contributed by atoms with Crippen LogP contribution in [0.25, 0.3) is 0 Å². The van der Waals surface area contributed by atoms with Crippen molar-refractivity contribution >= 4 is 17.2 Å². The number of Topliss-reactive ketones (excluding diaryl/α,β-unsaturated/α-hetero) is 1. The van der Waals surface area contributed by atoms with Crippen molar-refractivity contribution in [2.45, 2.75) is 32.6 Å². The normalized spacial score (nSPS) is 20.5. The van der Waals surface area contributed by atoms with Crippen LogP contribution in [0.4, 0.5) is 11.4 Å². The van der Waals surface area contributed by atoms with Crippen molar-refractivity contribution in [3.63, 3.8) is 0 Å². The molecule has 0 atom stereocenters. The third-order valence-electron chi connectivity index (χ3n) is 4.41. The molecule has 0 radical (unpaired) electrons. The van der Waals surface area contributed by atoms with Crippen LogP contribution in [0.15, 0.2) is 18.2 Å². The van der Waals surface area contributed by atoms with Gasteiger partial charge in [-0.25, -0.2) is 0 Å². The van der Waals surface area contributed by atoms with Crippen LogP contribution in [-0.2, 0) is 0 Å². The van der Waals surface area contributed by atoms with E-state index in [4.69, 9.17) is 5.73 Å². The second-order valence-corrected chi connectivity index (χ2v) is 5.85. The molecule has 0 amide bonds. The van der Waals surface area contributed by atoms with E-state index in [1.54, 1.807) is 6.92 Å². The zero-order valence-corrected chi connectivity index (χ0v) is 10.8. The van der Waals surface area contributed by atoms with Gasteiger partial charge in [0.1, 0.15) is 0 Å². The number of hydrogen-bond acceptors (Lipinski definition) is 3. The second-order valence-electron chi connectivity index (χ2n) is 5.85. The summed E-state index contributed by atoms with van der Waals surface area (Å²) in [6.45, 7) is 2.60. The number of carbonyl (C=O) groups excluding carboxylic acids is 1. The quantitative estimate of drug-likeness (QED) is 0.618. The molecule has 2 aliphatic carbocycles. The number of nitrogens with one attached hydrogen (secondary N) is 1. The monoisotopic (exact) mass is 244 g/mol. The highest BCUT2D eigenvalue weighted by molar-refractivity contribution is 5.99. The van der Waals surface area contributed by atoms with Gasteiger partial charge in [-0.05, 0) is 62.1 Å². The fourth-order valence-electron chi connectivity index (χ4n) is 2.86.